The van der Waals surface area contributed by atoms with Gasteiger partial charge in [0.05, 0.1) is 6.67 Å². The van der Waals surface area contributed by atoms with Gasteiger partial charge in [0.15, 0.2) is 0 Å². The van der Waals surface area contributed by atoms with Crippen molar-refractivity contribution in [2.75, 3.05) is 26.3 Å². The lowest BCUT2D eigenvalue weighted by molar-refractivity contribution is 0.155. The number of nitrogens with zero attached hydrogens (tertiary/aromatic N) is 1. The molecular formula is C14H20FN. The van der Waals surface area contributed by atoms with Crippen LogP contribution in [0.4, 0.5) is 4.39 Å². The Morgan fingerprint density at radius 3 is 2.81 bits per heavy atom. The topological polar surface area (TPSA) is 3.24 Å². The fraction of sp³-hybridized carbons (Fsp3) is 0.571. The van der Waals surface area contributed by atoms with Gasteiger partial charge in [-0.25, -0.2) is 0 Å². The van der Waals surface area contributed by atoms with Crippen molar-refractivity contribution in [1.82, 2.24) is 4.90 Å². The van der Waals surface area contributed by atoms with Crippen molar-refractivity contribution >= 4 is 0 Å². The van der Waals surface area contributed by atoms with Crippen LogP contribution in [0.15, 0.2) is 30.3 Å². The van der Waals surface area contributed by atoms with Gasteiger partial charge >= 0.3 is 0 Å². The van der Waals surface area contributed by atoms with E-state index in [0.717, 1.165) is 38.9 Å². The van der Waals surface area contributed by atoms with E-state index in [1.807, 2.05) is 6.07 Å². The second kappa shape index (κ2) is 6.00. The fourth-order valence-electron chi connectivity index (χ4n) is 2.41. The Kier molecular flexibility index (Phi) is 4.34. The van der Waals surface area contributed by atoms with E-state index in [-0.39, 0.29) is 12.6 Å². The van der Waals surface area contributed by atoms with Crippen LogP contribution < -0.4 is 0 Å². The number of rotatable bonds is 4. The standard InChI is InChI=1S/C14H20FN/c15-11-14-7-4-9-16(12-14)10-8-13-5-2-1-3-6-13/h1-3,5-6,14H,4,7-12H2. The molecule has 1 nitrogen and oxygen atoms in total. The number of benzene rings is 1. The minimum Gasteiger partial charge on any atom is -0.303 e. The van der Waals surface area contributed by atoms with Crippen molar-refractivity contribution in [2.24, 2.45) is 5.92 Å². The SMILES string of the molecule is FCC1CCCN(CCc2ccccc2)C1. The molecule has 1 aromatic carbocycles. The molecule has 1 aliphatic heterocycles. The fourth-order valence-corrected chi connectivity index (χ4v) is 2.41. The van der Waals surface area contributed by atoms with Crippen LogP contribution in [-0.2, 0) is 6.42 Å². The minimum absolute atomic E-state index is 0.151. The molecule has 2 rings (SSSR count). The molecule has 88 valence electrons. The van der Waals surface area contributed by atoms with Crippen LogP contribution >= 0.6 is 0 Å². The molecule has 1 atom stereocenters. The largest absolute Gasteiger partial charge is 0.303 e. The molecule has 0 spiro atoms. The van der Waals surface area contributed by atoms with E-state index >= 15 is 0 Å². The van der Waals surface area contributed by atoms with E-state index < -0.39 is 0 Å². The summed E-state index contributed by atoms with van der Waals surface area (Å²) in [6, 6.07) is 10.5. The first kappa shape index (κ1) is 11.6. The molecule has 0 aliphatic carbocycles. The molecule has 0 radical (unpaired) electrons. The van der Waals surface area contributed by atoms with E-state index in [9.17, 15) is 4.39 Å². The molecular weight excluding hydrogens is 201 g/mol. The summed E-state index contributed by atoms with van der Waals surface area (Å²) in [5.74, 6) is 0.282. The molecule has 1 aliphatic rings. The van der Waals surface area contributed by atoms with Crippen LogP contribution in [-0.4, -0.2) is 31.2 Å². The Balaban J connectivity index is 1.77. The highest BCUT2D eigenvalue weighted by Gasteiger charge is 2.18. The maximum Gasteiger partial charge on any atom is 0.0934 e. The quantitative estimate of drug-likeness (QED) is 0.755. The van der Waals surface area contributed by atoms with Crippen molar-refractivity contribution < 1.29 is 4.39 Å². The van der Waals surface area contributed by atoms with Gasteiger partial charge < -0.3 is 4.90 Å². The molecule has 0 amide bonds. The van der Waals surface area contributed by atoms with Gasteiger partial charge in [-0.3, -0.25) is 4.39 Å². The van der Waals surface area contributed by atoms with Crippen molar-refractivity contribution in [1.29, 1.82) is 0 Å². The number of halogens is 1. The van der Waals surface area contributed by atoms with Crippen molar-refractivity contribution in [3.63, 3.8) is 0 Å². The van der Waals surface area contributed by atoms with Crippen LogP contribution in [0.1, 0.15) is 18.4 Å². The van der Waals surface area contributed by atoms with E-state index in [0.29, 0.717) is 0 Å². The van der Waals surface area contributed by atoms with Gasteiger partial charge in [0.25, 0.3) is 0 Å². The zero-order valence-electron chi connectivity index (χ0n) is 9.74. The Hall–Kier alpha value is -0.890. The van der Waals surface area contributed by atoms with Crippen LogP contribution in [0.3, 0.4) is 0 Å². The summed E-state index contributed by atoms with van der Waals surface area (Å²) in [6.45, 7) is 3.01. The number of hydrogen-bond donors (Lipinski definition) is 0. The molecule has 1 aromatic rings. The van der Waals surface area contributed by atoms with Gasteiger partial charge in [-0.05, 0) is 31.4 Å². The van der Waals surface area contributed by atoms with Gasteiger partial charge in [0.1, 0.15) is 0 Å². The maximum absolute atomic E-state index is 12.6. The average molecular weight is 221 g/mol. The van der Waals surface area contributed by atoms with Gasteiger partial charge in [-0.1, -0.05) is 30.3 Å². The summed E-state index contributed by atoms with van der Waals surface area (Å²) >= 11 is 0. The second-order valence-electron chi connectivity index (χ2n) is 4.70. The first-order valence-electron chi connectivity index (χ1n) is 6.20. The first-order valence-corrected chi connectivity index (χ1v) is 6.20. The van der Waals surface area contributed by atoms with E-state index in [2.05, 4.69) is 29.2 Å². The zero-order valence-corrected chi connectivity index (χ0v) is 9.74. The van der Waals surface area contributed by atoms with Crippen LogP contribution in [0.2, 0.25) is 0 Å². The van der Waals surface area contributed by atoms with Crippen LogP contribution in [0, 0.1) is 5.92 Å². The summed E-state index contributed by atoms with van der Waals surface area (Å²) in [4.78, 5) is 2.40. The molecule has 0 saturated carbocycles. The molecule has 1 unspecified atom stereocenters. The van der Waals surface area contributed by atoms with Crippen molar-refractivity contribution in [3.8, 4) is 0 Å². The second-order valence-corrected chi connectivity index (χ2v) is 4.70. The molecule has 1 heterocycles. The Labute approximate surface area is 97.3 Å². The lowest BCUT2D eigenvalue weighted by Crippen LogP contribution is -2.37. The van der Waals surface area contributed by atoms with Gasteiger partial charge in [-0.2, -0.15) is 0 Å². The molecule has 0 bridgehead atoms. The molecule has 1 saturated heterocycles. The average Bonchev–Trinajstić information content (AvgIpc) is 2.38. The summed E-state index contributed by atoms with van der Waals surface area (Å²) in [5, 5.41) is 0. The highest BCUT2D eigenvalue weighted by atomic mass is 19.1. The lowest BCUT2D eigenvalue weighted by atomic mass is 9.99. The minimum atomic E-state index is -0.151. The predicted octanol–water partition coefficient (Wildman–Crippen LogP) is 2.91. The van der Waals surface area contributed by atoms with E-state index in [4.69, 9.17) is 0 Å². The highest BCUT2D eigenvalue weighted by Crippen LogP contribution is 2.17. The molecule has 16 heavy (non-hydrogen) atoms. The number of piperidine rings is 1. The van der Waals surface area contributed by atoms with Crippen molar-refractivity contribution in [3.05, 3.63) is 35.9 Å². The Bertz CT molecular complexity index is 299. The molecule has 1 fully saturated rings. The summed E-state index contributed by atoms with van der Waals surface area (Å²) in [5.41, 5.74) is 1.38. The zero-order chi connectivity index (χ0) is 11.2. The third-order valence-electron chi connectivity index (χ3n) is 3.38. The van der Waals surface area contributed by atoms with Gasteiger partial charge in [0.2, 0.25) is 0 Å². The third kappa shape index (κ3) is 3.31. The van der Waals surface area contributed by atoms with Crippen LogP contribution in [0.5, 0.6) is 0 Å². The normalized spacial score (nSPS) is 22.2. The summed E-state index contributed by atoms with van der Waals surface area (Å²) in [6.07, 6.45) is 3.31. The van der Waals surface area contributed by atoms with Gasteiger partial charge in [0, 0.05) is 19.0 Å². The smallest absolute Gasteiger partial charge is 0.0934 e. The first-order chi connectivity index (χ1) is 7.88. The number of alkyl halides is 1. The summed E-state index contributed by atoms with van der Waals surface area (Å²) < 4.78 is 12.6. The lowest BCUT2D eigenvalue weighted by Gasteiger charge is -2.31. The van der Waals surface area contributed by atoms with E-state index in [1.54, 1.807) is 0 Å². The Morgan fingerprint density at radius 2 is 2.06 bits per heavy atom. The number of hydrogen-bond acceptors (Lipinski definition) is 1. The monoisotopic (exact) mass is 221 g/mol. The predicted molar refractivity (Wildman–Crippen MR) is 65.3 cm³/mol. The highest BCUT2D eigenvalue weighted by molar-refractivity contribution is 5.14. The molecule has 0 aromatic heterocycles. The molecule has 2 heteroatoms. The van der Waals surface area contributed by atoms with E-state index in [1.165, 1.54) is 5.56 Å². The number of likely N-dealkylation sites (tertiary alicyclic amines) is 1. The molecule has 0 N–H and O–H groups in total. The maximum atomic E-state index is 12.6. The summed E-state index contributed by atoms with van der Waals surface area (Å²) in [7, 11) is 0. The van der Waals surface area contributed by atoms with Gasteiger partial charge in [-0.15, -0.1) is 0 Å². The third-order valence-corrected chi connectivity index (χ3v) is 3.38. The Morgan fingerprint density at radius 1 is 1.25 bits per heavy atom. The van der Waals surface area contributed by atoms with Crippen LogP contribution in [0.25, 0.3) is 0 Å². The van der Waals surface area contributed by atoms with Crippen molar-refractivity contribution in [2.45, 2.75) is 19.3 Å².